The summed E-state index contributed by atoms with van der Waals surface area (Å²) in [6.45, 7) is 3.61. The van der Waals surface area contributed by atoms with Gasteiger partial charge in [-0.05, 0) is 49.6 Å². The van der Waals surface area contributed by atoms with E-state index in [1.165, 1.54) is 0 Å². The van der Waals surface area contributed by atoms with Gasteiger partial charge in [-0.15, -0.1) is 0 Å². The predicted octanol–water partition coefficient (Wildman–Crippen LogP) is 3.12. The van der Waals surface area contributed by atoms with Crippen LogP contribution < -0.4 is 10.2 Å². The average molecular weight is 320 g/mol. The molecule has 0 unspecified atom stereocenters. The van der Waals surface area contributed by atoms with E-state index in [0.717, 1.165) is 43.0 Å². The molecule has 2 heterocycles. The number of pyridine rings is 1. The Hall–Kier alpha value is -2.87. The Morgan fingerprint density at radius 1 is 1.29 bits per heavy atom. The van der Waals surface area contributed by atoms with Crippen LogP contribution in [0.4, 0.5) is 11.5 Å². The van der Waals surface area contributed by atoms with Crippen molar-refractivity contribution >= 4 is 17.4 Å². The van der Waals surface area contributed by atoms with Gasteiger partial charge in [-0.1, -0.05) is 12.1 Å². The van der Waals surface area contributed by atoms with Gasteiger partial charge in [0.1, 0.15) is 11.9 Å². The van der Waals surface area contributed by atoms with Crippen LogP contribution in [0.25, 0.3) is 0 Å². The highest BCUT2D eigenvalue weighted by atomic mass is 16.1. The van der Waals surface area contributed by atoms with Gasteiger partial charge >= 0.3 is 0 Å². The van der Waals surface area contributed by atoms with Crippen molar-refractivity contribution in [1.82, 2.24) is 4.98 Å². The number of amides is 1. The lowest BCUT2D eigenvalue weighted by Gasteiger charge is -2.32. The summed E-state index contributed by atoms with van der Waals surface area (Å²) in [6, 6.07) is 13.6. The van der Waals surface area contributed by atoms with Crippen LogP contribution in [0.1, 0.15) is 24.0 Å². The molecule has 24 heavy (non-hydrogen) atoms. The van der Waals surface area contributed by atoms with Crippen molar-refractivity contribution in [3.05, 3.63) is 53.7 Å². The van der Waals surface area contributed by atoms with Crippen LogP contribution in [-0.4, -0.2) is 24.0 Å². The molecule has 1 fully saturated rings. The molecule has 3 rings (SSSR count). The maximum atomic E-state index is 12.4. The fraction of sp³-hybridized carbons (Fsp3) is 0.316. The molecule has 0 spiro atoms. The molecule has 0 radical (unpaired) electrons. The van der Waals surface area contributed by atoms with Crippen LogP contribution in [0.15, 0.2) is 42.6 Å². The maximum Gasteiger partial charge on any atom is 0.227 e. The molecular weight excluding hydrogens is 300 g/mol. The van der Waals surface area contributed by atoms with E-state index in [1.807, 2.05) is 37.3 Å². The van der Waals surface area contributed by atoms with Gasteiger partial charge in [0.05, 0.1) is 5.56 Å². The number of nitrogens with one attached hydrogen (secondary N) is 1. The third kappa shape index (κ3) is 3.72. The van der Waals surface area contributed by atoms with Crippen molar-refractivity contribution in [3.63, 3.8) is 0 Å². The summed E-state index contributed by atoms with van der Waals surface area (Å²) in [5.41, 5.74) is 2.55. The highest BCUT2D eigenvalue weighted by molar-refractivity contribution is 5.92. The second kappa shape index (κ2) is 7.14. The Labute approximate surface area is 141 Å². The average Bonchev–Trinajstić information content (AvgIpc) is 2.62. The lowest BCUT2D eigenvalue weighted by atomic mass is 9.95. The van der Waals surface area contributed by atoms with Crippen molar-refractivity contribution < 1.29 is 4.79 Å². The van der Waals surface area contributed by atoms with Gasteiger partial charge in [0, 0.05) is 30.9 Å². The summed E-state index contributed by atoms with van der Waals surface area (Å²) in [6.07, 6.45) is 3.20. The first kappa shape index (κ1) is 16.0. The van der Waals surface area contributed by atoms with Gasteiger partial charge in [0.2, 0.25) is 5.91 Å². The Morgan fingerprint density at radius 2 is 2.08 bits per heavy atom. The number of rotatable bonds is 3. The minimum absolute atomic E-state index is 0.0279. The molecule has 0 aliphatic carbocycles. The van der Waals surface area contributed by atoms with Crippen LogP contribution >= 0.6 is 0 Å². The van der Waals surface area contributed by atoms with Crippen LogP contribution in [0, 0.1) is 24.2 Å². The second-order valence-electron chi connectivity index (χ2n) is 6.14. The molecular formula is C19H20N4O. The van der Waals surface area contributed by atoms with Crippen LogP contribution in [-0.2, 0) is 4.79 Å². The summed E-state index contributed by atoms with van der Waals surface area (Å²) >= 11 is 0. The van der Waals surface area contributed by atoms with E-state index in [2.05, 4.69) is 21.3 Å². The molecule has 5 heteroatoms. The van der Waals surface area contributed by atoms with Crippen molar-refractivity contribution in [2.24, 2.45) is 5.92 Å². The highest BCUT2D eigenvalue weighted by Gasteiger charge is 2.25. The van der Waals surface area contributed by atoms with E-state index in [1.54, 1.807) is 12.3 Å². The maximum absolute atomic E-state index is 12.4. The number of aromatic nitrogens is 1. The Balaban J connectivity index is 1.56. The molecule has 5 nitrogen and oxygen atoms in total. The second-order valence-corrected chi connectivity index (χ2v) is 6.14. The number of nitrogens with zero attached hydrogens (tertiary/aromatic N) is 3. The fourth-order valence-electron chi connectivity index (χ4n) is 2.98. The molecule has 122 valence electrons. The zero-order valence-electron chi connectivity index (χ0n) is 13.7. The zero-order chi connectivity index (χ0) is 16.9. The Kier molecular flexibility index (Phi) is 4.76. The number of carbonyl (C=O) groups is 1. The highest BCUT2D eigenvalue weighted by Crippen LogP contribution is 2.23. The molecule has 1 aromatic carbocycles. The Morgan fingerprint density at radius 3 is 2.71 bits per heavy atom. The van der Waals surface area contributed by atoms with Crippen LogP contribution in [0.5, 0.6) is 0 Å². The monoisotopic (exact) mass is 320 g/mol. The van der Waals surface area contributed by atoms with Crippen molar-refractivity contribution in [2.45, 2.75) is 19.8 Å². The number of hydrogen-bond donors (Lipinski definition) is 1. The molecule has 0 atom stereocenters. The van der Waals surface area contributed by atoms with Crippen LogP contribution in [0.2, 0.25) is 0 Å². The Bertz CT molecular complexity index is 756. The normalized spacial score (nSPS) is 14.9. The third-order valence-corrected chi connectivity index (χ3v) is 4.35. The number of hydrogen-bond acceptors (Lipinski definition) is 4. The number of anilines is 2. The largest absolute Gasteiger partial charge is 0.357 e. The SMILES string of the molecule is Cc1cccc(NC(=O)C2CCN(c3ccc(C#N)cn3)CC2)c1. The molecule has 1 saturated heterocycles. The zero-order valence-corrected chi connectivity index (χ0v) is 13.7. The number of benzene rings is 1. The minimum Gasteiger partial charge on any atom is -0.357 e. The molecule has 0 bridgehead atoms. The first-order valence-corrected chi connectivity index (χ1v) is 8.14. The van der Waals surface area contributed by atoms with Gasteiger partial charge in [-0.2, -0.15) is 5.26 Å². The lowest BCUT2D eigenvalue weighted by molar-refractivity contribution is -0.120. The van der Waals surface area contributed by atoms with E-state index in [-0.39, 0.29) is 11.8 Å². The van der Waals surface area contributed by atoms with Gasteiger partial charge in [0.15, 0.2) is 0 Å². The summed E-state index contributed by atoms with van der Waals surface area (Å²) in [4.78, 5) is 18.9. The quantitative estimate of drug-likeness (QED) is 0.943. The van der Waals surface area contributed by atoms with Crippen molar-refractivity contribution in [2.75, 3.05) is 23.3 Å². The van der Waals surface area contributed by atoms with Gasteiger partial charge in [-0.3, -0.25) is 4.79 Å². The number of aryl methyl sites for hydroxylation is 1. The van der Waals surface area contributed by atoms with Crippen molar-refractivity contribution in [3.8, 4) is 6.07 Å². The summed E-state index contributed by atoms with van der Waals surface area (Å²) in [7, 11) is 0. The standard InChI is InChI=1S/C19H20N4O/c1-14-3-2-4-17(11-14)22-19(24)16-7-9-23(10-8-16)18-6-5-15(12-20)13-21-18/h2-6,11,13,16H,7-10H2,1H3,(H,22,24). The van der Waals surface area contributed by atoms with E-state index < -0.39 is 0 Å². The van der Waals surface area contributed by atoms with E-state index in [4.69, 9.17) is 5.26 Å². The van der Waals surface area contributed by atoms with Crippen molar-refractivity contribution in [1.29, 1.82) is 5.26 Å². The molecule has 2 aromatic rings. The number of piperidine rings is 1. The van der Waals surface area contributed by atoms with Gasteiger partial charge in [-0.25, -0.2) is 4.98 Å². The first-order chi connectivity index (χ1) is 11.7. The van der Waals surface area contributed by atoms with Crippen LogP contribution in [0.3, 0.4) is 0 Å². The third-order valence-electron chi connectivity index (χ3n) is 4.35. The van der Waals surface area contributed by atoms with E-state index in [9.17, 15) is 4.79 Å². The molecule has 1 aromatic heterocycles. The van der Waals surface area contributed by atoms with Gasteiger partial charge in [0.25, 0.3) is 0 Å². The predicted molar refractivity (Wildman–Crippen MR) is 93.7 cm³/mol. The number of nitriles is 1. The molecule has 1 aliphatic rings. The fourth-order valence-corrected chi connectivity index (χ4v) is 2.98. The molecule has 1 amide bonds. The first-order valence-electron chi connectivity index (χ1n) is 8.14. The lowest BCUT2D eigenvalue weighted by Crippen LogP contribution is -2.38. The van der Waals surface area contributed by atoms with E-state index in [0.29, 0.717) is 5.56 Å². The van der Waals surface area contributed by atoms with Gasteiger partial charge < -0.3 is 10.2 Å². The minimum atomic E-state index is 0.0279. The summed E-state index contributed by atoms with van der Waals surface area (Å²) < 4.78 is 0. The molecule has 0 saturated carbocycles. The number of carbonyl (C=O) groups excluding carboxylic acids is 1. The molecule has 1 aliphatic heterocycles. The van der Waals surface area contributed by atoms with E-state index >= 15 is 0 Å². The summed E-state index contributed by atoms with van der Waals surface area (Å²) in [5, 5.41) is 11.8. The topological polar surface area (TPSA) is 69.0 Å². The smallest absolute Gasteiger partial charge is 0.227 e. The summed E-state index contributed by atoms with van der Waals surface area (Å²) in [5.74, 6) is 0.986. The molecule has 1 N–H and O–H groups in total.